The number of hydrogen-bond acceptors (Lipinski definition) is 3. The van der Waals surface area contributed by atoms with E-state index in [9.17, 15) is 8.42 Å². The highest BCUT2D eigenvalue weighted by Gasteiger charge is 2.26. The zero-order valence-corrected chi connectivity index (χ0v) is 12.3. The summed E-state index contributed by atoms with van der Waals surface area (Å²) in [5, 5.41) is 8.68. The molecule has 2 rings (SSSR count). The molecule has 2 atom stereocenters. The molecule has 3 N–H and O–H groups in total. The maximum absolute atomic E-state index is 11.4. The van der Waals surface area contributed by atoms with Crippen molar-refractivity contribution >= 4 is 15.7 Å². The number of nitrogens with two attached hydrogens (primary N) is 1. The van der Waals surface area contributed by atoms with Crippen molar-refractivity contribution in [2.24, 2.45) is 11.1 Å². The fraction of sp³-hybridized carbons (Fsp3) is 0.571. The molecule has 0 radical (unpaired) electrons. The van der Waals surface area contributed by atoms with Crippen LogP contribution in [0, 0.1) is 12.8 Å². The number of aryl methyl sites for hydroxylation is 1. The topological polar surface area (TPSA) is 72.2 Å². The third-order valence-electron chi connectivity index (χ3n) is 4.06. The van der Waals surface area contributed by atoms with Gasteiger partial charge in [0.1, 0.15) is 0 Å². The van der Waals surface area contributed by atoms with Gasteiger partial charge in [-0.3, -0.25) is 0 Å². The number of anilines is 1. The van der Waals surface area contributed by atoms with E-state index in [1.165, 1.54) is 12.8 Å². The molecule has 0 saturated heterocycles. The Hall–Kier alpha value is -1.07. The van der Waals surface area contributed by atoms with E-state index in [1.807, 2.05) is 6.92 Å². The molecular weight excluding hydrogens is 260 g/mol. The van der Waals surface area contributed by atoms with Crippen molar-refractivity contribution in [2.45, 2.75) is 50.5 Å². The van der Waals surface area contributed by atoms with Crippen LogP contribution in [-0.4, -0.2) is 14.5 Å². The number of primary sulfonamides is 1. The molecule has 2 unspecified atom stereocenters. The Balaban J connectivity index is 2.24. The van der Waals surface area contributed by atoms with Crippen LogP contribution in [0.2, 0.25) is 0 Å². The van der Waals surface area contributed by atoms with Gasteiger partial charge in [-0.2, -0.15) is 0 Å². The van der Waals surface area contributed by atoms with E-state index in [0.29, 0.717) is 12.0 Å². The van der Waals surface area contributed by atoms with E-state index < -0.39 is 10.0 Å². The van der Waals surface area contributed by atoms with Crippen LogP contribution < -0.4 is 10.5 Å². The van der Waals surface area contributed by atoms with Crippen LogP contribution in [0.15, 0.2) is 23.1 Å². The first kappa shape index (κ1) is 14.3. The maximum Gasteiger partial charge on any atom is 0.238 e. The SMILES string of the molecule is CCC1CCCC1Nc1cc(S(N)(=O)=O)ccc1C. The standard InChI is InChI=1S/C14H22N2O2S/c1-3-11-5-4-6-13(11)16-14-9-12(19(15,17)18)8-7-10(14)2/h7-9,11,13,16H,3-6H2,1-2H3,(H2,15,17,18). The molecular formula is C14H22N2O2S. The highest BCUT2D eigenvalue weighted by molar-refractivity contribution is 7.89. The summed E-state index contributed by atoms with van der Waals surface area (Å²) in [6, 6.07) is 5.45. The largest absolute Gasteiger partial charge is 0.382 e. The third kappa shape index (κ3) is 3.28. The average molecular weight is 282 g/mol. The molecule has 1 aliphatic rings. The Bertz CT molecular complexity index is 555. The monoisotopic (exact) mass is 282 g/mol. The first-order valence-electron chi connectivity index (χ1n) is 6.82. The summed E-state index contributed by atoms with van der Waals surface area (Å²) < 4.78 is 22.8. The molecule has 4 nitrogen and oxygen atoms in total. The van der Waals surface area contributed by atoms with E-state index in [2.05, 4.69) is 12.2 Å². The molecule has 1 saturated carbocycles. The summed E-state index contributed by atoms with van der Waals surface area (Å²) in [6.45, 7) is 4.18. The number of hydrogen-bond donors (Lipinski definition) is 2. The predicted octanol–water partition coefficient (Wildman–Crippen LogP) is 2.63. The Labute approximate surface area is 115 Å². The van der Waals surface area contributed by atoms with Crippen LogP contribution in [0.5, 0.6) is 0 Å². The van der Waals surface area contributed by atoms with E-state index in [4.69, 9.17) is 5.14 Å². The van der Waals surface area contributed by atoms with E-state index >= 15 is 0 Å². The lowest BCUT2D eigenvalue weighted by Gasteiger charge is -2.22. The van der Waals surface area contributed by atoms with Crippen LogP contribution in [0.25, 0.3) is 0 Å². The summed E-state index contributed by atoms with van der Waals surface area (Å²) >= 11 is 0. The summed E-state index contributed by atoms with van der Waals surface area (Å²) in [6.07, 6.45) is 4.80. The van der Waals surface area contributed by atoms with Gasteiger partial charge in [-0.05, 0) is 43.4 Å². The summed E-state index contributed by atoms with van der Waals surface area (Å²) in [7, 11) is -3.63. The molecule has 0 heterocycles. The lowest BCUT2D eigenvalue weighted by molar-refractivity contribution is 0.489. The van der Waals surface area contributed by atoms with Crippen LogP contribution in [-0.2, 0) is 10.0 Å². The Morgan fingerprint density at radius 3 is 2.74 bits per heavy atom. The van der Waals surface area contributed by atoms with Crippen LogP contribution >= 0.6 is 0 Å². The summed E-state index contributed by atoms with van der Waals surface area (Å²) in [5.41, 5.74) is 1.94. The molecule has 19 heavy (non-hydrogen) atoms. The molecule has 0 spiro atoms. The molecule has 0 aliphatic heterocycles. The fourth-order valence-electron chi connectivity index (χ4n) is 2.85. The van der Waals surface area contributed by atoms with Crippen molar-refractivity contribution < 1.29 is 8.42 Å². The van der Waals surface area contributed by atoms with Crippen molar-refractivity contribution in [2.75, 3.05) is 5.32 Å². The van der Waals surface area contributed by atoms with E-state index in [1.54, 1.807) is 18.2 Å². The van der Waals surface area contributed by atoms with Gasteiger partial charge in [0.25, 0.3) is 0 Å². The van der Waals surface area contributed by atoms with Crippen molar-refractivity contribution in [3.8, 4) is 0 Å². The zero-order valence-electron chi connectivity index (χ0n) is 11.5. The van der Waals surface area contributed by atoms with Gasteiger partial charge < -0.3 is 5.32 Å². The molecule has 106 valence electrons. The van der Waals surface area contributed by atoms with Gasteiger partial charge in [0.05, 0.1) is 4.90 Å². The number of rotatable bonds is 4. The summed E-state index contributed by atoms with van der Waals surface area (Å²) in [4.78, 5) is 0.173. The molecule has 1 aromatic rings. The number of nitrogens with one attached hydrogen (secondary N) is 1. The minimum Gasteiger partial charge on any atom is -0.382 e. The van der Waals surface area contributed by atoms with Gasteiger partial charge in [-0.1, -0.05) is 25.8 Å². The van der Waals surface area contributed by atoms with Gasteiger partial charge in [0.15, 0.2) is 0 Å². The molecule has 1 aromatic carbocycles. The van der Waals surface area contributed by atoms with Gasteiger partial charge in [0.2, 0.25) is 10.0 Å². The number of sulfonamides is 1. The lowest BCUT2D eigenvalue weighted by atomic mass is 10.00. The van der Waals surface area contributed by atoms with Crippen LogP contribution in [0.4, 0.5) is 5.69 Å². The minimum atomic E-state index is -3.63. The Morgan fingerprint density at radius 2 is 2.11 bits per heavy atom. The van der Waals surface area contributed by atoms with Gasteiger partial charge in [0, 0.05) is 11.7 Å². The molecule has 1 aliphatic carbocycles. The minimum absolute atomic E-state index is 0.173. The van der Waals surface area contributed by atoms with Gasteiger partial charge in [-0.25, -0.2) is 13.6 Å². The molecule has 0 bridgehead atoms. The van der Waals surface area contributed by atoms with Crippen LogP contribution in [0.3, 0.4) is 0 Å². The second-order valence-corrected chi connectivity index (χ2v) is 6.93. The van der Waals surface area contributed by atoms with Crippen LogP contribution in [0.1, 0.15) is 38.2 Å². The molecule has 0 amide bonds. The second kappa shape index (κ2) is 5.51. The lowest BCUT2D eigenvalue weighted by Crippen LogP contribution is -2.24. The molecule has 5 heteroatoms. The highest BCUT2D eigenvalue weighted by Crippen LogP contribution is 2.32. The van der Waals surface area contributed by atoms with Crippen molar-refractivity contribution in [1.82, 2.24) is 0 Å². The van der Waals surface area contributed by atoms with Gasteiger partial charge >= 0.3 is 0 Å². The summed E-state index contributed by atoms with van der Waals surface area (Å²) in [5.74, 6) is 0.678. The maximum atomic E-state index is 11.4. The van der Waals surface area contributed by atoms with Crippen molar-refractivity contribution in [3.05, 3.63) is 23.8 Å². The van der Waals surface area contributed by atoms with Gasteiger partial charge in [-0.15, -0.1) is 0 Å². The second-order valence-electron chi connectivity index (χ2n) is 5.37. The van der Waals surface area contributed by atoms with E-state index in [0.717, 1.165) is 24.1 Å². The Kier molecular flexibility index (Phi) is 4.16. The van der Waals surface area contributed by atoms with Crippen molar-refractivity contribution in [1.29, 1.82) is 0 Å². The normalized spacial score (nSPS) is 23.5. The molecule has 0 aromatic heterocycles. The van der Waals surface area contributed by atoms with E-state index in [-0.39, 0.29) is 4.90 Å². The molecule has 1 fully saturated rings. The third-order valence-corrected chi connectivity index (χ3v) is 4.97. The first-order chi connectivity index (χ1) is 8.91. The quantitative estimate of drug-likeness (QED) is 0.891. The Morgan fingerprint density at radius 1 is 1.37 bits per heavy atom. The van der Waals surface area contributed by atoms with Crippen molar-refractivity contribution in [3.63, 3.8) is 0 Å². The average Bonchev–Trinajstić information content (AvgIpc) is 2.77. The number of benzene rings is 1. The fourth-order valence-corrected chi connectivity index (χ4v) is 3.39. The zero-order chi connectivity index (χ0) is 14.0. The highest BCUT2D eigenvalue weighted by atomic mass is 32.2. The predicted molar refractivity (Wildman–Crippen MR) is 77.6 cm³/mol. The smallest absolute Gasteiger partial charge is 0.238 e. The first-order valence-corrected chi connectivity index (χ1v) is 8.36.